The molecule has 5 atom stereocenters. The first kappa shape index (κ1) is 13.1. The average Bonchev–Trinajstić information content (AvgIpc) is 2.59. The van der Waals surface area contributed by atoms with Gasteiger partial charge in [0.05, 0.1) is 12.5 Å². The third-order valence-corrected chi connectivity index (χ3v) is 5.41. The molecular weight excluding hydrogens is 244 g/mol. The van der Waals surface area contributed by atoms with Gasteiger partial charge in [-0.3, -0.25) is 0 Å². The summed E-state index contributed by atoms with van der Waals surface area (Å²) in [5, 5.41) is 19.7. The number of rotatable bonds is 1. The van der Waals surface area contributed by atoms with Crippen molar-refractivity contribution in [3.05, 3.63) is 11.6 Å². The Morgan fingerprint density at radius 3 is 2.95 bits per heavy atom. The number of hydrogen-bond acceptors (Lipinski definition) is 4. The molecule has 19 heavy (non-hydrogen) atoms. The lowest BCUT2D eigenvalue weighted by Crippen LogP contribution is -2.48. The van der Waals surface area contributed by atoms with Crippen LogP contribution >= 0.6 is 0 Å². The maximum absolute atomic E-state index is 11.8. The van der Waals surface area contributed by atoms with Crippen LogP contribution in [0.15, 0.2) is 11.6 Å². The second-order valence-electron chi connectivity index (χ2n) is 6.73. The van der Waals surface area contributed by atoms with Crippen LogP contribution in [0.1, 0.15) is 39.5 Å². The molecule has 106 valence electrons. The fourth-order valence-corrected chi connectivity index (χ4v) is 4.26. The number of aliphatic hydroxyl groups excluding tert-OH is 1. The van der Waals surface area contributed by atoms with Gasteiger partial charge in [0.1, 0.15) is 6.10 Å². The van der Waals surface area contributed by atoms with Crippen molar-refractivity contribution in [2.45, 2.75) is 51.2 Å². The Bertz CT molecular complexity index is 443. The molecule has 0 radical (unpaired) electrons. The van der Waals surface area contributed by atoms with E-state index < -0.39 is 24.1 Å². The minimum atomic E-state index is -1.74. The lowest BCUT2D eigenvalue weighted by molar-refractivity contribution is -0.158. The molecule has 0 spiro atoms. The molecule has 1 unspecified atom stereocenters. The first-order valence-electron chi connectivity index (χ1n) is 7.17. The summed E-state index contributed by atoms with van der Waals surface area (Å²) in [6, 6.07) is 0. The largest absolute Gasteiger partial charge is 0.459 e. The van der Waals surface area contributed by atoms with E-state index >= 15 is 0 Å². The number of esters is 1. The van der Waals surface area contributed by atoms with Crippen molar-refractivity contribution in [1.29, 1.82) is 0 Å². The molecule has 2 fully saturated rings. The van der Waals surface area contributed by atoms with Gasteiger partial charge in [0, 0.05) is 0 Å². The van der Waals surface area contributed by atoms with Crippen molar-refractivity contribution in [2.24, 2.45) is 17.3 Å². The van der Waals surface area contributed by atoms with Gasteiger partial charge in [-0.15, -0.1) is 0 Å². The average molecular weight is 266 g/mol. The lowest BCUT2D eigenvalue weighted by Gasteiger charge is -2.46. The molecule has 0 aromatic heterocycles. The Morgan fingerprint density at radius 2 is 2.26 bits per heavy atom. The van der Waals surface area contributed by atoms with Crippen molar-refractivity contribution < 1.29 is 19.7 Å². The van der Waals surface area contributed by atoms with Crippen molar-refractivity contribution >= 4 is 5.97 Å². The molecule has 3 aliphatic rings. The van der Waals surface area contributed by atoms with Crippen LogP contribution < -0.4 is 0 Å². The van der Waals surface area contributed by atoms with Gasteiger partial charge in [-0.25, -0.2) is 4.79 Å². The Morgan fingerprint density at radius 1 is 1.53 bits per heavy atom. The van der Waals surface area contributed by atoms with Crippen LogP contribution in [0.5, 0.6) is 0 Å². The van der Waals surface area contributed by atoms with Crippen molar-refractivity contribution in [3.8, 4) is 0 Å². The van der Waals surface area contributed by atoms with E-state index in [0.29, 0.717) is 5.92 Å². The number of ether oxygens (including phenoxy) is 1. The van der Waals surface area contributed by atoms with E-state index in [9.17, 15) is 15.0 Å². The van der Waals surface area contributed by atoms with Gasteiger partial charge in [0.2, 0.25) is 0 Å². The molecule has 4 heteroatoms. The highest BCUT2D eigenvalue weighted by Gasteiger charge is 2.59. The maximum atomic E-state index is 11.8. The standard InChI is InChI=1S/C15H22O4/c1-9-4-3-5-14(2)7-12-11(6-10(9)14)15(18,8-16)13(17)19-12/h6,9,11-12,16,18H,3-5,7-8H2,1-2H3/t9-,11-,12+,14+,15?/m0/s1. The zero-order valence-electron chi connectivity index (χ0n) is 11.6. The highest BCUT2D eigenvalue weighted by atomic mass is 16.6. The number of carbonyl (C=O) groups is 1. The van der Waals surface area contributed by atoms with Crippen LogP contribution in [0.2, 0.25) is 0 Å². The number of hydrogen-bond donors (Lipinski definition) is 2. The fourth-order valence-electron chi connectivity index (χ4n) is 4.26. The van der Waals surface area contributed by atoms with Crippen molar-refractivity contribution in [3.63, 3.8) is 0 Å². The van der Waals surface area contributed by atoms with Gasteiger partial charge < -0.3 is 14.9 Å². The molecule has 1 heterocycles. The SMILES string of the molecule is C[C@H]1CCC[C@]2(C)C[C@H]3OC(=O)C(O)(CO)[C@H]3C=C12. The highest BCUT2D eigenvalue weighted by Crippen LogP contribution is 2.54. The molecule has 0 bridgehead atoms. The Hall–Kier alpha value is -0.870. The van der Waals surface area contributed by atoms with Crippen LogP contribution in [0.3, 0.4) is 0 Å². The van der Waals surface area contributed by atoms with Crippen molar-refractivity contribution in [2.75, 3.05) is 6.61 Å². The van der Waals surface area contributed by atoms with Gasteiger partial charge in [0.25, 0.3) is 0 Å². The van der Waals surface area contributed by atoms with E-state index in [1.54, 1.807) is 0 Å². The molecule has 2 aliphatic carbocycles. The predicted molar refractivity (Wildman–Crippen MR) is 69.2 cm³/mol. The first-order valence-corrected chi connectivity index (χ1v) is 7.17. The number of aliphatic hydroxyl groups is 2. The van der Waals surface area contributed by atoms with E-state index in [0.717, 1.165) is 19.3 Å². The summed E-state index contributed by atoms with van der Waals surface area (Å²) >= 11 is 0. The molecule has 4 nitrogen and oxygen atoms in total. The lowest BCUT2D eigenvalue weighted by atomic mass is 9.59. The number of allylic oxidation sites excluding steroid dienone is 1. The molecule has 1 aliphatic heterocycles. The van der Waals surface area contributed by atoms with Gasteiger partial charge in [-0.05, 0) is 30.6 Å². The van der Waals surface area contributed by atoms with Crippen LogP contribution in [-0.4, -0.2) is 34.5 Å². The zero-order valence-corrected chi connectivity index (χ0v) is 11.6. The van der Waals surface area contributed by atoms with Gasteiger partial charge in [-0.1, -0.05) is 31.9 Å². The summed E-state index contributed by atoms with van der Waals surface area (Å²) in [4.78, 5) is 11.8. The first-order chi connectivity index (χ1) is 8.90. The topological polar surface area (TPSA) is 66.8 Å². The third kappa shape index (κ3) is 1.69. The molecule has 0 amide bonds. The second kappa shape index (κ2) is 4.06. The van der Waals surface area contributed by atoms with Gasteiger partial charge in [-0.2, -0.15) is 0 Å². The Labute approximate surface area is 113 Å². The van der Waals surface area contributed by atoms with E-state index in [1.807, 2.05) is 6.08 Å². The summed E-state index contributed by atoms with van der Waals surface area (Å²) in [5.74, 6) is -0.580. The summed E-state index contributed by atoms with van der Waals surface area (Å²) in [6.45, 7) is 3.87. The van der Waals surface area contributed by atoms with E-state index in [-0.39, 0.29) is 11.5 Å². The number of carbonyl (C=O) groups excluding carboxylic acids is 1. The monoisotopic (exact) mass is 266 g/mol. The summed E-state index contributed by atoms with van der Waals surface area (Å²) in [7, 11) is 0. The Kier molecular flexibility index (Phi) is 2.81. The van der Waals surface area contributed by atoms with Crippen LogP contribution in [-0.2, 0) is 9.53 Å². The van der Waals surface area contributed by atoms with E-state index in [2.05, 4.69) is 13.8 Å². The van der Waals surface area contributed by atoms with Crippen LogP contribution in [0, 0.1) is 17.3 Å². The highest BCUT2D eigenvalue weighted by molar-refractivity contribution is 5.83. The minimum absolute atomic E-state index is 0.0832. The van der Waals surface area contributed by atoms with E-state index in [4.69, 9.17) is 4.74 Å². The molecule has 3 rings (SSSR count). The summed E-state index contributed by atoms with van der Waals surface area (Å²) in [6.07, 6.45) is 5.97. The molecular formula is C15H22O4. The summed E-state index contributed by atoms with van der Waals surface area (Å²) in [5.41, 5.74) is -0.319. The zero-order chi connectivity index (χ0) is 13.8. The van der Waals surface area contributed by atoms with Crippen molar-refractivity contribution in [1.82, 2.24) is 0 Å². The fraction of sp³-hybridized carbons (Fsp3) is 0.800. The van der Waals surface area contributed by atoms with Gasteiger partial charge in [0.15, 0.2) is 5.60 Å². The molecule has 1 saturated heterocycles. The molecule has 0 aromatic rings. The number of fused-ring (bicyclic) bond motifs is 2. The normalized spacial score (nSPS) is 49.2. The van der Waals surface area contributed by atoms with Crippen LogP contribution in [0.25, 0.3) is 0 Å². The maximum Gasteiger partial charge on any atom is 0.341 e. The minimum Gasteiger partial charge on any atom is -0.459 e. The quantitative estimate of drug-likeness (QED) is 0.556. The molecule has 0 aromatic carbocycles. The van der Waals surface area contributed by atoms with E-state index in [1.165, 1.54) is 12.0 Å². The van der Waals surface area contributed by atoms with Crippen LogP contribution in [0.4, 0.5) is 0 Å². The smallest absolute Gasteiger partial charge is 0.341 e. The predicted octanol–water partition coefficient (Wildman–Crippen LogP) is 1.41. The third-order valence-electron chi connectivity index (χ3n) is 5.41. The molecule has 2 N–H and O–H groups in total. The molecule has 1 saturated carbocycles. The second-order valence-corrected chi connectivity index (χ2v) is 6.73. The van der Waals surface area contributed by atoms with Gasteiger partial charge >= 0.3 is 5.97 Å². The Balaban J connectivity index is 2.03. The summed E-state index contributed by atoms with van der Waals surface area (Å²) < 4.78 is 5.33.